The van der Waals surface area contributed by atoms with E-state index in [2.05, 4.69) is 32.0 Å². The van der Waals surface area contributed by atoms with Gasteiger partial charge in [0, 0.05) is 42.8 Å². The van der Waals surface area contributed by atoms with Gasteiger partial charge in [0.15, 0.2) is 0 Å². The summed E-state index contributed by atoms with van der Waals surface area (Å²) in [5.74, 6) is 0.626. The Bertz CT molecular complexity index is 1210. The minimum absolute atomic E-state index is 0.0963. The molecule has 4 heterocycles. The van der Waals surface area contributed by atoms with Crippen LogP contribution in [0.15, 0.2) is 78.1 Å². The molecule has 0 radical (unpaired) electrons. The van der Waals surface area contributed by atoms with E-state index in [9.17, 15) is 4.79 Å². The monoisotopic (exact) mass is 382 g/mol. The lowest BCUT2D eigenvalue weighted by atomic mass is 10.1. The van der Waals surface area contributed by atoms with Gasteiger partial charge in [-0.2, -0.15) is 0 Å². The molecule has 0 amide bonds. The second-order valence-electron chi connectivity index (χ2n) is 6.81. The van der Waals surface area contributed by atoms with Crippen LogP contribution in [0.1, 0.15) is 11.3 Å². The third kappa shape index (κ3) is 3.27. The van der Waals surface area contributed by atoms with Crippen molar-refractivity contribution < 1.29 is 0 Å². The van der Waals surface area contributed by atoms with Crippen molar-refractivity contribution in [1.29, 1.82) is 0 Å². The maximum absolute atomic E-state index is 12.9. The van der Waals surface area contributed by atoms with Gasteiger partial charge < -0.3 is 4.90 Å². The van der Waals surface area contributed by atoms with Crippen LogP contribution >= 0.6 is 0 Å². The fourth-order valence-corrected chi connectivity index (χ4v) is 3.60. The Morgan fingerprint density at radius 1 is 0.931 bits per heavy atom. The van der Waals surface area contributed by atoms with E-state index >= 15 is 0 Å². The van der Waals surface area contributed by atoms with Crippen molar-refractivity contribution in [2.75, 3.05) is 11.4 Å². The first kappa shape index (κ1) is 17.2. The van der Waals surface area contributed by atoms with E-state index in [1.165, 1.54) is 12.4 Å². The van der Waals surface area contributed by atoms with E-state index in [1.807, 2.05) is 30.3 Å². The number of pyridine rings is 1. The summed E-state index contributed by atoms with van der Waals surface area (Å²) in [5, 5.41) is 0. The molecule has 7 heteroatoms. The SMILES string of the molecule is O=c1cc(-c2ccncn2)nc2n1Cc1ccccc1N2CCc1ccccn1. The molecular weight excluding hydrogens is 364 g/mol. The number of fused-ring (bicyclic) bond motifs is 2. The summed E-state index contributed by atoms with van der Waals surface area (Å²) < 4.78 is 1.71. The minimum atomic E-state index is -0.0963. The molecule has 5 rings (SSSR count). The number of hydrogen-bond acceptors (Lipinski definition) is 6. The van der Waals surface area contributed by atoms with Crippen LogP contribution in [0, 0.1) is 0 Å². The summed E-state index contributed by atoms with van der Waals surface area (Å²) in [7, 11) is 0. The van der Waals surface area contributed by atoms with Gasteiger partial charge in [0.2, 0.25) is 5.95 Å². The standard InChI is InChI=1S/C22H18N6O/c29-21-13-19(18-8-11-23-15-25-18)26-22-27(12-9-17-6-3-4-10-24-17)20-7-2-1-5-16(20)14-28(21)22/h1-8,10-11,13,15H,9,12,14H2. The minimum Gasteiger partial charge on any atom is -0.311 e. The smallest absolute Gasteiger partial charge is 0.255 e. The molecule has 0 saturated carbocycles. The lowest BCUT2D eigenvalue weighted by molar-refractivity contribution is 0.681. The summed E-state index contributed by atoms with van der Waals surface area (Å²) in [6, 6.07) is 17.3. The summed E-state index contributed by atoms with van der Waals surface area (Å²) in [6.45, 7) is 1.16. The zero-order chi connectivity index (χ0) is 19.6. The van der Waals surface area contributed by atoms with E-state index in [-0.39, 0.29) is 5.56 Å². The molecule has 0 unspecified atom stereocenters. The molecule has 142 valence electrons. The van der Waals surface area contributed by atoms with E-state index in [1.54, 1.807) is 23.0 Å². The number of rotatable bonds is 4. The van der Waals surface area contributed by atoms with Gasteiger partial charge in [-0.1, -0.05) is 24.3 Å². The molecule has 0 atom stereocenters. The molecule has 0 aliphatic carbocycles. The Hall–Kier alpha value is -3.87. The average Bonchev–Trinajstić information content (AvgIpc) is 2.78. The second-order valence-corrected chi connectivity index (χ2v) is 6.81. The van der Waals surface area contributed by atoms with Gasteiger partial charge >= 0.3 is 0 Å². The number of aromatic nitrogens is 5. The quantitative estimate of drug-likeness (QED) is 0.540. The summed E-state index contributed by atoms with van der Waals surface area (Å²) in [6.07, 6.45) is 5.64. The maximum Gasteiger partial charge on any atom is 0.255 e. The highest BCUT2D eigenvalue weighted by Crippen LogP contribution is 2.33. The molecule has 0 bridgehead atoms. The maximum atomic E-state index is 12.9. The van der Waals surface area contributed by atoms with Crippen molar-refractivity contribution in [3.8, 4) is 11.4 Å². The van der Waals surface area contributed by atoms with Crippen LogP contribution in [0.4, 0.5) is 11.6 Å². The average molecular weight is 382 g/mol. The second kappa shape index (κ2) is 7.27. The highest BCUT2D eigenvalue weighted by molar-refractivity contribution is 5.67. The van der Waals surface area contributed by atoms with Crippen LogP contribution in [-0.4, -0.2) is 31.0 Å². The van der Waals surface area contributed by atoms with Crippen molar-refractivity contribution >= 4 is 11.6 Å². The third-order valence-electron chi connectivity index (χ3n) is 5.00. The Labute approximate surface area is 167 Å². The summed E-state index contributed by atoms with van der Waals surface area (Å²) >= 11 is 0. The van der Waals surface area contributed by atoms with Crippen molar-refractivity contribution in [1.82, 2.24) is 24.5 Å². The molecule has 1 aliphatic rings. The first-order valence-corrected chi connectivity index (χ1v) is 9.43. The molecule has 0 spiro atoms. The van der Waals surface area contributed by atoms with Crippen LogP contribution in [0.5, 0.6) is 0 Å². The van der Waals surface area contributed by atoms with Crippen LogP contribution < -0.4 is 10.5 Å². The van der Waals surface area contributed by atoms with E-state index in [0.717, 1.165) is 23.4 Å². The summed E-state index contributed by atoms with van der Waals surface area (Å²) in [4.78, 5) is 32.5. The zero-order valence-electron chi connectivity index (χ0n) is 15.6. The molecule has 7 nitrogen and oxygen atoms in total. The molecule has 0 saturated heterocycles. The molecule has 0 N–H and O–H groups in total. The van der Waals surface area contributed by atoms with Crippen molar-refractivity contribution in [3.05, 3.63) is 94.9 Å². The molecule has 1 aromatic carbocycles. The largest absolute Gasteiger partial charge is 0.311 e. The van der Waals surface area contributed by atoms with E-state index in [0.29, 0.717) is 30.4 Å². The topological polar surface area (TPSA) is 76.8 Å². The van der Waals surface area contributed by atoms with Crippen molar-refractivity contribution in [3.63, 3.8) is 0 Å². The van der Waals surface area contributed by atoms with Gasteiger partial charge in [-0.15, -0.1) is 0 Å². The lowest BCUT2D eigenvalue weighted by Gasteiger charge is -2.33. The normalized spacial score (nSPS) is 12.3. The van der Waals surface area contributed by atoms with E-state index < -0.39 is 0 Å². The van der Waals surface area contributed by atoms with Crippen LogP contribution in [-0.2, 0) is 13.0 Å². The van der Waals surface area contributed by atoms with Crippen molar-refractivity contribution in [2.24, 2.45) is 0 Å². The molecule has 3 aromatic heterocycles. The molecular formula is C22H18N6O. The Morgan fingerprint density at radius 2 is 1.83 bits per heavy atom. The van der Waals surface area contributed by atoms with Gasteiger partial charge in [0.05, 0.1) is 17.9 Å². The molecule has 1 aliphatic heterocycles. The van der Waals surface area contributed by atoms with Crippen molar-refractivity contribution in [2.45, 2.75) is 13.0 Å². The fourth-order valence-electron chi connectivity index (χ4n) is 3.60. The Kier molecular flexibility index (Phi) is 4.32. The zero-order valence-corrected chi connectivity index (χ0v) is 15.6. The van der Waals surface area contributed by atoms with Gasteiger partial charge in [0.25, 0.3) is 5.56 Å². The first-order valence-electron chi connectivity index (χ1n) is 9.43. The molecule has 0 fully saturated rings. The lowest BCUT2D eigenvalue weighted by Crippen LogP contribution is -2.36. The number of hydrogen-bond donors (Lipinski definition) is 0. The number of anilines is 2. The van der Waals surface area contributed by atoms with E-state index in [4.69, 9.17) is 4.98 Å². The number of para-hydroxylation sites is 1. The predicted molar refractivity (Wildman–Crippen MR) is 110 cm³/mol. The van der Waals surface area contributed by atoms with Crippen LogP contribution in [0.25, 0.3) is 11.4 Å². The molecule has 29 heavy (non-hydrogen) atoms. The summed E-state index contributed by atoms with van der Waals surface area (Å²) in [5.41, 5.74) is 4.24. The Balaban J connectivity index is 1.60. The van der Waals surface area contributed by atoms with Gasteiger partial charge in [-0.05, 0) is 29.8 Å². The predicted octanol–water partition coefficient (Wildman–Crippen LogP) is 2.84. The highest BCUT2D eigenvalue weighted by atomic mass is 16.1. The van der Waals surface area contributed by atoms with Crippen LogP contribution in [0.2, 0.25) is 0 Å². The number of nitrogens with zero attached hydrogens (tertiary/aromatic N) is 6. The van der Waals surface area contributed by atoms with Crippen LogP contribution in [0.3, 0.4) is 0 Å². The first-order chi connectivity index (χ1) is 14.3. The van der Waals surface area contributed by atoms with Gasteiger partial charge in [-0.25, -0.2) is 15.0 Å². The fraction of sp³-hybridized carbons (Fsp3) is 0.136. The highest BCUT2D eigenvalue weighted by Gasteiger charge is 2.25. The van der Waals surface area contributed by atoms with Gasteiger partial charge in [-0.3, -0.25) is 14.3 Å². The third-order valence-corrected chi connectivity index (χ3v) is 5.00. The van der Waals surface area contributed by atoms with Gasteiger partial charge in [0.1, 0.15) is 6.33 Å². The Morgan fingerprint density at radius 3 is 2.66 bits per heavy atom. The molecule has 4 aromatic rings. The number of benzene rings is 1.